The van der Waals surface area contributed by atoms with Gasteiger partial charge in [0.25, 0.3) is 0 Å². The lowest BCUT2D eigenvalue weighted by Gasteiger charge is -2.15. The summed E-state index contributed by atoms with van der Waals surface area (Å²) in [6.45, 7) is 2.11. The zero-order chi connectivity index (χ0) is 13.5. The molecule has 0 aliphatic heterocycles. The highest BCUT2D eigenvalue weighted by molar-refractivity contribution is 7.99. The predicted molar refractivity (Wildman–Crippen MR) is 83.2 cm³/mol. The van der Waals surface area contributed by atoms with Crippen molar-refractivity contribution in [3.63, 3.8) is 0 Å². The minimum absolute atomic E-state index is 0.286. The number of rotatable bonds is 6. The monoisotopic (exact) mass is 272 g/mol. The minimum Gasteiger partial charge on any atom is -0.271 e. The molecule has 0 saturated heterocycles. The van der Waals surface area contributed by atoms with Crippen molar-refractivity contribution in [1.29, 1.82) is 0 Å². The molecule has 19 heavy (non-hydrogen) atoms. The fourth-order valence-corrected chi connectivity index (χ4v) is 2.83. The third-order valence-corrected chi connectivity index (χ3v) is 4.21. The van der Waals surface area contributed by atoms with Gasteiger partial charge >= 0.3 is 0 Å². The summed E-state index contributed by atoms with van der Waals surface area (Å²) in [4.78, 5) is 1.29. The number of nitrogens with one attached hydrogen (secondary N) is 1. The van der Waals surface area contributed by atoms with E-state index in [-0.39, 0.29) is 6.04 Å². The van der Waals surface area contributed by atoms with Gasteiger partial charge in [-0.15, -0.1) is 11.8 Å². The summed E-state index contributed by atoms with van der Waals surface area (Å²) < 4.78 is 0. The molecule has 2 aromatic carbocycles. The van der Waals surface area contributed by atoms with Crippen LogP contribution in [0.2, 0.25) is 0 Å². The molecule has 3 N–H and O–H groups in total. The lowest BCUT2D eigenvalue weighted by molar-refractivity contribution is 0.575. The smallest absolute Gasteiger partial charge is 0.0344 e. The van der Waals surface area contributed by atoms with Crippen molar-refractivity contribution in [2.75, 3.05) is 5.75 Å². The van der Waals surface area contributed by atoms with Gasteiger partial charge in [-0.3, -0.25) is 11.3 Å². The lowest BCUT2D eigenvalue weighted by atomic mass is 10.1. The third-order valence-electron chi connectivity index (χ3n) is 3.03. The van der Waals surface area contributed by atoms with Gasteiger partial charge in [0.2, 0.25) is 0 Å². The minimum atomic E-state index is 0.286. The van der Waals surface area contributed by atoms with Crippen LogP contribution in [0.15, 0.2) is 59.5 Å². The number of aryl methyl sites for hydroxylation is 1. The van der Waals surface area contributed by atoms with Gasteiger partial charge in [-0.2, -0.15) is 0 Å². The maximum absolute atomic E-state index is 5.65. The third kappa shape index (κ3) is 4.71. The molecule has 2 nitrogen and oxygen atoms in total. The molecule has 0 radical (unpaired) electrons. The van der Waals surface area contributed by atoms with Crippen molar-refractivity contribution < 1.29 is 0 Å². The predicted octanol–water partition coefficient (Wildman–Crippen LogP) is 3.16. The van der Waals surface area contributed by atoms with E-state index in [1.165, 1.54) is 16.0 Å². The summed E-state index contributed by atoms with van der Waals surface area (Å²) in [6, 6.07) is 19.3. The van der Waals surface area contributed by atoms with Crippen molar-refractivity contribution in [3.05, 3.63) is 65.7 Å². The largest absolute Gasteiger partial charge is 0.271 e. The van der Waals surface area contributed by atoms with Gasteiger partial charge in [0.15, 0.2) is 0 Å². The van der Waals surface area contributed by atoms with E-state index in [9.17, 15) is 0 Å². The van der Waals surface area contributed by atoms with Gasteiger partial charge in [0, 0.05) is 16.7 Å². The summed E-state index contributed by atoms with van der Waals surface area (Å²) in [5, 5.41) is 0. The second-order valence-electron chi connectivity index (χ2n) is 4.68. The first kappa shape index (κ1) is 14.1. The Kier molecular flexibility index (Phi) is 5.45. The van der Waals surface area contributed by atoms with Crippen molar-refractivity contribution in [3.8, 4) is 0 Å². The Bertz CT molecular complexity index is 482. The second kappa shape index (κ2) is 7.34. The van der Waals surface area contributed by atoms with Crippen LogP contribution in [0.1, 0.15) is 11.1 Å². The number of hydrogen-bond acceptors (Lipinski definition) is 3. The van der Waals surface area contributed by atoms with Crippen LogP contribution in [-0.2, 0) is 6.42 Å². The zero-order valence-corrected chi connectivity index (χ0v) is 12.0. The molecule has 0 aromatic heterocycles. The Morgan fingerprint density at radius 3 is 2.37 bits per heavy atom. The van der Waals surface area contributed by atoms with E-state index in [0.29, 0.717) is 0 Å². The molecule has 1 atom stereocenters. The molecule has 0 aliphatic carbocycles. The molecule has 0 aliphatic rings. The topological polar surface area (TPSA) is 38.0 Å². The summed E-state index contributed by atoms with van der Waals surface area (Å²) in [5.41, 5.74) is 5.52. The molecule has 0 spiro atoms. The van der Waals surface area contributed by atoms with E-state index in [0.717, 1.165) is 12.2 Å². The zero-order valence-electron chi connectivity index (χ0n) is 11.2. The number of nitrogens with two attached hydrogens (primary N) is 1. The van der Waals surface area contributed by atoms with Gasteiger partial charge in [-0.1, -0.05) is 48.0 Å². The lowest BCUT2D eigenvalue weighted by Crippen LogP contribution is -2.38. The van der Waals surface area contributed by atoms with Crippen LogP contribution in [0.25, 0.3) is 0 Å². The maximum atomic E-state index is 5.65. The van der Waals surface area contributed by atoms with Crippen LogP contribution in [0.5, 0.6) is 0 Å². The highest BCUT2D eigenvalue weighted by atomic mass is 32.2. The summed E-state index contributed by atoms with van der Waals surface area (Å²) in [6.07, 6.45) is 0.955. The van der Waals surface area contributed by atoms with E-state index >= 15 is 0 Å². The van der Waals surface area contributed by atoms with Gasteiger partial charge in [-0.25, -0.2) is 0 Å². The number of hydrazine groups is 1. The van der Waals surface area contributed by atoms with Crippen LogP contribution in [0.3, 0.4) is 0 Å². The fourth-order valence-electron chi connectivity index (χ4n) is 1.90. The van der Waals surface area contributed by atoms with Crippen LogP contribution >= 0.6 is 11.8 Å². The van der Waals surface area contributed by atoms with Crippen LogP contribution in [-0.4, -0.2) is 11.8 Å². The molecule has 2 rings (SSSR count). The second-order valence-corrected chi connectivity index (χ2v) is 5.77. The summed E-state index contributed by atoms with van der Waals surface area (Å²) in [7, 11) is 0. The molecule has 0 fully saturated rings. The summed E-state index contributed by atoms with van der Waals surface area (Å²) >= 11 is 1.84. The standard InChI is InChI=1S/C16H20N2S/c1-13-7-9-16(10-8-13)19-12-15(18-17)11-14-5-3-2-4-6-14/h2-10,15,18H,11-12,17H2,1H3. The van der Waals surface area contributed by atoms with E-state index in [1.54, 1.807) is 0 Å². The van der Waals surface area contributed by atoms with Gasteiger partial charge in [0.05, 0.1) is 0 Å². The average molecular weight is 272 g/mol. The van der Waals surface area contributed by atoms with Crippen molar-refractivity contribution in [2.45, 2.75) is 24.3 Å². The van der Waals surface area contributed by atoms with Crippen molar-refractivity contribution in [1.82, 2.24) is 5.43 Å². The molecule has 0 saturated carbocycles. The molecule has 100 valence electrons. The quantitative estimate of drug-likeness (QED) is 0.482. The molecule has 2 aromatic rings. The first-order chi connectivity index (χ1) is 9.28. The summed E-state index contributed by atoms with van der Waals surface area (Å²) in [5.74, 6) is 6.61. The Balaban J connectivity index is 1.87. The van der Waals surface area contributed by atoms with E-state index < -0.39 is 0 Å². The van der Waals surface area contributed by atoms with Crippen LogP contribution in [0, 0.1) is 6.92 Å². The van der Waals surface area contributed by atoms with Crippen LogP contribution in [0.4, 0.5) is 0 Å². The first-order valence-corrected chi connectivity index (χ1v) is 7.46. The van der Waals surface area contributed by atoms with Gasteiger partial charge < -0.3 is 0 Å². The highest BCUT2D eigenvalue weighted by Crippen LogP contribution is 2.20. The van der Waals surface area contributed by atoms with Crippen molar-refractivity contribution in [2.24, 2.45) is 5.84 Å². The fraction of sp³-hybridized carbons (Fsp3) is 0.250. The van der Waals surface area contributed by atoms with E-state index in [2.05, 4.69) is 60.9 Å². The SMILES string of the molecule is Cc1ccc(SCC(Cc2ccccc2)NN)cc1. The average Bonchev–Trinajstić information content (AvgIpc) is 2.46. The molecule has 0 bridgehead atoms. The number of benzene rings is 2. The number of thioether (sulfide) groups is 1. The molecule has 0 amide bonds. The number of hydrogen-bond donors (Lipinski definition) is 2. The first-order valence-electron chi connectivity index (χ1n) is 6.47. The Labute approximate surface area is 119 Å². The van der Waals surface area contributed by atoms with Crippen LogP contribution < -0.4 is 11.3 Å². The maximum Gasteiger partial charge on any atom is 0.0344 e. The van der Waals surface area contributed by atoms with E-state index in [1.807, 2.05) is 17.8 Å². The van der Waals surface area contributed by atoms with Crippen molar-refractivity contribution >= 4 is 11.8 Å². The molecular formula is C16H20N2S. The Hall–Kier alpha value is -1.29. The molecule has 0 heterocycles. The molecule has 1 unspecified atom stereocenters. The van der Waals surface area contributed by atoms with Gasteiger partial charge in [-0.05, 0) is 31.0 Å². The Morgan fingerprint density at radius 1 is 1.05 bits per heavy atom. The molecular weight excluding hydrogens is 252 g/mol. The molecule has 3 heteroatoms. The normalized spacial score (nSPS) is 12.3. The highest BCUT2D eigenvalue weighted by Gasteiger charge is 2.08. The Morgan fingerprint density at radius 2 is 1.74 bits per heavy atom. The van der Waals surface area contributed by atoms with Gasteiger partial charge in [0.1, 0.15) is 0 Å². The van der Waals surface area contributed by atoms with E-state index in [4.69, 9.17) is 5.84 Å².